The number of nitrogens with zero attached hydrogens (tertiary/aromatic N) is 3. The van der Waals surface area contributed by atoms with Gasteiger partial charge in [-0.2, -0.15) is 0 Å². The van der Waals surface area contributed by atoms with Gasteiger partial charge in [0.05, 0.1) is 21.8 Å². The number of pyridine rings is 1. The largest absolute Gasteiger partial charge is 0.393 e. The van der Waals surface area contributed by atoms with E-state index in [0.717, 1.165) is 16.6 Å². The molecular weight excluding hydrogens is 390 g/mol. The summed E-state index contributed by atoms with van der Waals surface area (Å²) in [5, 5.41) is 4.49. The predicted molar refractivity (Wildman–Crippen MR) is 114 cm³/mol. The highest BCUT2D eigenvalue weighted by Crippen LogP contribution is 2.28. The van der Waals surface area contributed by atoms with E-state index in [4.69, 9.17) is 17.3 Å². The molecule has 0 bridgehead atoms. The molecule has 8 nitrogen and oxygen atoms in total. The molecule has 9 heteroatoms. The van der Waals surface area contributed by atoms with Gasteiger partial charge in [-0.05, 0) is 24.3 Å². The highest BCUT2D eigenvalue weighted by Gasteiger charge is 2.13. The molecule has 0 unspecified atom stereocenters. The summed E-state index contributed by atoms with van der Waals surface area (Å²) in [6.07, 6.45) is 3.05. The summed E-state index contributed by atoms with van der Waals surface area (Å²) >= 11 is 6.04. The summed E-state index contributed by atoms with van der Waals surface area (Å²) in [4.78, 5) is 25.0. The topological polar surface area (TPSA) is 118 Å². The number of nitrogens with one attached hydrogen (secondary N) is 3. The Bertz CT molecular complexity index is 1190. The van der Waals surface area contributed by atoms with Crippen LogP contribution in [-0.4, -0.2) is 20.9 Å². The van der Waals surface area contributed by atoms with Crippen molar-refractivity contribution in [1.29, 1.82) is 0 Å². The molecule has 0 radical (unpaired) electrons. The van der Waals surface area contributed by atoms with Gasteiger partial charge >= 0.3 is 0 Å². The van der Waals surface area contributed by atoms with Gasteiger partial charge in [-0.1, -0.05) is 41.9 Å². The minimum atomic E-state index is -0.415. The molecule has 1 amide bonds. The van der Waals surface area contributed by atoms with E-state index < -0.39 is 5.91 Å². The van der Waals surface area contributed by atoms with Gasteiger partial charge in [-0.15, -0.1) is 0 Å². The summed E-state index contributed by atoms with van der Waals surface area (Å²) in [6.45, 7) is 0. The van der Waals surface area contributed by atoms with Crippen LogP contribution in [0.15, 0.2) is 67.1 Å². The van der Waals surface area contributed by atoms with E-state index in [1.54, 1.807) is 30.5 Å². The Morgan fingerprint density at radius 3 is 2.59 bits per heavy atom. The maximum absolute atomic E-state index is 12.3. The summed E-state index contributed by atoms with van der Waals surface area (Å²) in [6, 6.07) is 16.3. The van der Waals surface area contributed by atoms with Crippen molar-refractivity contribution in [2.24, 2.45) is 0 Å². The lowest BCUT2D eigenvalue weighted by atomic mass is 10.2. The van der Waals surface area contributed by atoms with Crippen LogP contribution in [0.5, 0.6) is 0 Å². The van der Waals surface area contributed by atoms with Gasteiger partial charge in [0.2, 0.25) is 0 Å². The van der Waals surface area contributed by atoms with Crippen LogP contribution in [0.3, 0.4) is 0 Å². The Labute approximate surface area is 171 Å². The van der Waals surface area contributed by atoms with Crippen molar-refractivity contribution in [3.8, 4) is 0 Å². The average molecular weight is 406 g/mol. The molecule has 0 spiro atoms. The van der Waals surface area contributed by atoms with E-state index in [9.17, 15) is 4.79 Å². The number of nitrogen functional groups attached to an aromatic ring is 1. The Balaban J connectivity index is 1.55. The monoisotopic (exact) mass is 405 g/mol. The van der Waals surface area contributed by atoms with Gasteiger partial charge in [0.25, 0.3) is 5.91 Å². The lowest BCUT2D eigenvalue weighted by molar-refractivity contribution is 0.0962. The molecule has 0 aliphatic heterocycles. The summed E-state index contributed by atoms with van der Waals surface area (Å²) < 4.78 is 0. The number of hydrogen-bond donors (Lipinski definition) is 4. The Morgan fingerprint density at radius 2 is 1.72 bits per heavy atom. The first-order valence-electron chi connectivity index (χ1n) is 8.65. The third kappa shape index (κ3) is 3.87. The first kappa shape index (κ1) is 18.5. The van der Waals surface area contributed by atoms with Crippen LogP contribution in [0.4, 0.5) is 23.0 Å². The van der Waals surface area contributed by atoms with Crippen molar-refractivity contribution in [2.75, 3.05) is 16.5 Å². The third-order valence-electron chi connectivity index (χ3n) is 4.18. The summed E-state index contributed by atoms with van der Waals surface area (Å²) in [7, 11) is 0. The van der Waals surface area contributed by atoms with Crippen LogP contribution in [0, 0.1) is 0 Å². The second-order valence-electron chi connectivity index (χ2n) is 6.05. The van der Waals surface area contributed by atoms with Crippen molar-refractivity contribution in [3.63, 3.8) is 0 Å². The molecule has 4 rings (SSSR count). The molecule has 144 valence electrons. The summed E-state index contributed by atoms with van der Waals surface area (Å²) in [5.74, 6) is 0.213. The minimum absolute atomic E-state index is 0.236. The van der Waals surface area contributed by atoms with Gasteiger partial charge in [-0.25, -0.2) is 9.97 Å². The van der Waals surface area contributed by atoms with Crippen LogP contribution in [0.2, 0.25) is 5.02 Å². The number of amides is 1. The quantitative estimate of drug-likeness (QED) is 0.373. The zero-order valence-electron chi connectivity index (χ0n) is 15.1. The fraction of sp³-hybridized carbons (Fsp3) is 0. The van der Waals surface area contributed by atoms with Gasteiger partial charge in [0.15, 0.2) is 11.6 Å². The number of nitrogens with two attached hydrogens (primary N) is 1. The smallest absolute Gasteiger partial charge is 0.271 e. The molecule has 0 fully saturated rings. The van der Waals surface area contributed by atoms with Gasteiger partial charge < -0.3 is 11.1 Å². The van der Waals surface area contributed by atoms with Crippen LogP contribution in [0.1, 0.15) is 10.4 Å². The van der Waals surface area contributed by atoms with Crippen LogP contribution < -0.4 is 21.9 Å². The van der Waals surface area contributed by atoms with Gasteiger partial charge in [0.1, 0.15) is 12.0 Å². The lowest BCUT2D eigenvalue weighted by Crippen LogP contribution is -2.30. The van der Waals surface area contributed by atoms with E-state index in [1.807, 2.05) is 30.3 Å². The molecule has 2 aromatic carbocycles. The molecule has 29 heavy (non-hydrogen) atoms. The number of carbonyl (C=O) groups is 1. The molecule has 0 aliphatic carbocycles. The van der Waals surface area contributed by atoms with Gasteiger partial charge in [-0.3, -0.25) is 20.6 Å². The number of anilines is 4. The van der Waals surface area contributed by atoms with Crippen molar-refractivity contribution in [3.05, 3.63) is 77.7 Å². The van der Waals surface area contributed by atoms with E-state index in [-0.39, 0.29) is 11.5 Å². The highest BCUT2D eigenvalue weighted by molar-refractivity contribution is 6.33. The zero-order valence-corrected chi connectivity index (χ0v) is 15.8. The fourth-order valence-electron chi connectivity index (χ4n) is 2.76. The van der Waals surface area contributed by atoms with Crippen LogP contribution in [0.25, 0.3) is 10.9 Å². The first-order valence-corrected chi connectivity index (χ1v) is 9.03. The predicted octanol–water partition coefficient (Wildman–Crippen LogP) is 3.76. The zero-order chi connectivity index (χ0) is 20.2. The normalized spacial score (nSPS) is 10.5. The lowest BCUT2D eigenvalue weighted by Gasteiger charge is -2.14. The average Bonchev–Trinajstić information content (AvgIpc) is 2.75. The van der Waals surface area contributed by atoms with Crippen LogP contribution >= 0.6 is 11.6 Å². The fourth-order valence-corrected chi connectivity index (χ4v) is 2.98. The number of fused-ring (bicyclic) bond motifs is 1. The number of hydrazine groups is 1. The van der Waals surface area contributed by atoms with E-state index >= 15 is 0 Å². The second kappa shape index (κ2) is 7.99. The molecule has 0 saturated carbocycles. The molecule has 0 saturated heterocycles. The standard InChI is InChI=1S/C20H16ClN7O/c21-14-8-2-1-7-13(14)20(29)28-27-19-16(22)18(24-11-25-19)26-15-9-3-5-12-6-4-10-23-17(12)15/h1-11H,22H2,(H,28,29)(H2,24,25,26,27). The number of hydrogen-bond acceptors (Lipinski definition) is 7. The molecule has 2 heterocycles. The first-order chi connectivity index (χ1) is 14.1. The number of aromatic nitrogens is 3. The highest BCUT2D eigenvalue weighted by atomic mass is 35.5. The number of halogens is 1. The molecule has 0 atom stereocenters. The van der Waals surface area contributed by atoms with Crippen molar-refractivity contribution < 1.29 is 4.79 Å². The molecule has 0 aliphatic rings. The van der Waals surface area contributed by atoms with E-state index in [2.05, 4.69) is 31.1 Å². The van der Waals surface area contributed by atoms with E-state index in [1.165, 1.54) is 6.33 Å². The SMILES string of the molecule is Nc1c(NNC(=O)c2ccccc2Cl)ncnc1Nc1cccc2cccnc12. The minimum Gasteiger partial charge on any atom is -0.393 e. The molecule has 4 aromatic rings. The second-order valence-corrected chi connectivity index (χ2v) is 6.46. The molecule has 2 aromatic heterocycles. The Hall–Kier alpha value is -3.91. The van der Waals surface area contributed by atoms with Crippen LogP contribution in [-0.2, 0) is 0 Å². The van der Waals surface area contributed by atoms with Crippen molar-refractivity contribution >= 4 is 51.4 Å². The van der Waals surface area contributed by atoms with Gasteiger partial charge in [0, 0.05) is 11.6 Å². The number of para-hydroxylation sites is 1. The van der Waals surface area contributed by atoms with Crippen molar-refractivity contribution in [1.82, 2.24) is 20.4 Å². The van der Waals surface area contributed by atoms with E-state index in [0.29, 0.717) is 16.4 Å². The maximum Gasteiger partial charge on any atom is 0.271 e. The molecule has 5 N–H and O–H groups in total. The maximum atomic E-state index is 12.3. The summed E-state index contributed by atoms with van der Waals surface area (Å²) in [5.41, 5.74) is 13.5. The number of rotatable bonds is 5. The third-order valence-corrected chi connectivity index (χ3v) is 4.51. The Kier molecular flexibility index (Phi) is 5.08. The van der Waals surface area contributed by atoms with Crippen molar-refractivity contribution in [2.45, 2.75) is 0 Å². The Morgan fingerprint density at radius 1 is 0.931 bits per heavy atom. The molecular formula is C20H16ClN7O. The number of carbonyl (C=O) groups excluding carboxylic acids is 1. The number of benzene rings is 2.